The minimum atomic E-state index is -0.346. The molecule has 24 heavy (non-hydrogen) atoms. The normalized spacial score (nSPS) is 10.5. The molecule has 0 aliphatic heterocycles. The number of halogens is 1. The summed E-state index contributed by atoms with van der Waals surface area (Å²) in [5, 5.41) is 14.5. The monoisotopic (exact) mass is 417 g/mol. The van der Waals surface area contributed by atoms with Gasteiger partial charge in [-0.3, -0.25) is 4.98 Å². The summed E-state index contributed by atoms with van der Waals surface area (Å²) in [7, 11) is 0. The molecular formula is C17H15ClN3O2Y+2. The van der Waals surface area contributed by atoms with Gasteiger partial charge in [-0.05, 0) is 31.0 Å². The van der Waals surface area contributed by atoms with Gasteiger partial charge in [-0.2, -0.15) is 6.07 Å². The fraction of sp³-hybridized carbons (Fsp3) is 0.176. The Morgan fingerprint density at radius 2 is 2.04 bits per heavy atom. The molecule has 0 saturated carbocycles. The van der Waals surface area contributed by atoms with Crippen molar-refractivity contribution in [2.75, 3.05) is 0 Å². The van der Waals surface area contributed by atoms with Crippen LogP contribution < -0.4 is 5.69 Å². The second kappa shape index (κ2) is 7.64. The Bertz CT molecular complexity index is 934. The smallest absolute Gasteiger partial charge is 0.565 e. The van der Waals surface area contributed by atoms with E-state index in [0.29, 0.717) is 16.4 Å². The number of H-pyrrole nitrogens is 1. The van der Waals surface area contributed by atoms with Gasteiger partial charge in [0.05, 0.1) is 6.54 Å². The summed E-state index contributed by atoms with van der Waals surface area (Å²) in [4.78, 5) is 14.8. The molecule has 7 heteroatoms. The van der Waals surface area contributed by atoms with Gasteiger partial charge in [0.1, 0.15) is 0 Å². The van der Waals surface area contributed by atoms with Gasteiger partial charge in [0.2, 0.25) is 0 Å². The first-order chi connectivity index (χ1) is 10.9. The molecule has 0 amide bonds. The first-order valence-electron chi connectivity index (χ1n) is 7.08. The third kappa shape index (κ3) is 3.97. The fourth-order valence-electron chi connectivity index (χ4n) is 2.27. The molecule has 0 aliphatic carbocycles. The molecule has 3 aromatic rings. The van der Waals surface area contributed by atoms with Gasteiger partial charge in [0.15, 0.2) is 5.82 Å². The molecule has 0 saturated heterocycles. The topological polar surface area (TPSA) is 70.9 Å². The molecule has 2 N–H and O–H groups in total. The molecule has 0 bridgehead atoms. The third-order valence-electron chi connectivity index (χ3n) is 3.76. The predicted molar refractivity (Wildman–Crippen MR) is 88.8 cm³/mol. The van der Waals surface area contributed by atoms with E-state index in [4.69, 9.17) is 11.6 Å². The van der Waals surface area contributed by atoms with E-state index >= 15 is 0 Å². The summed E-state index contributed by atoms with van der Waals surface area (Å²) in [6.07, 6.45) is 0. The van der Waals surface area contributed by atoms with E-state index in [1.54, 1.807) is 6.07 Å². The van der Waals surface area contributed by atoms with Crippen molar-refractivity contribution >= 4 is 11.6 Å². The van der Waals surface area contributed by atoms with Gasteiger partial charge in [-0.15, -0.1) is 28.8 Å². The summed E-state index contributed by atoms with van der Waals surface area (Å²) in [6.45, 7) is 4.16. The second-order valence-electron chi connectivity index (χ2n) is 5.43. The summed E-state index contributed by atoms with van der Waals surface area (Å²) in [5.74, 6) is 0.517. The maximum atomic E-state index is 12.1. The van der Waals surface area contributed by atoms with Crippen LogP contribution in [0.15, 0.2) is 35.1 Å². The van der Waals surface area contributed by atoms with Crippen molar-refractivity contribution in [2.24, 2.45) is 0 Å². The maximum absolute atomic E-state index is 12.1. The number of aromatic nitrogens is 3. The number of nitrogens with zero attached hydrogens (tertiary/aromatic N) is 2. The third-order valence-corrected chi connectivity index (χ3v) is 3.98. The number of aryl methyl sites for hydroxylation is 2. The number of hydrogen-bond donors (Lipinski definition) is 2. The largest absolute Gasteiger partial charge is 3.00 e. The van der Waals surface area contributed by atoms with Gasteiger partial charge in [0.25, 0.3) is 0 Å². The number of rotatable bonds is 3. The summed E-state index contributed by atoms with van der Waals surface area (Å²) in [6, 6.07) is 11.5. The first-order valence-corrected chi connectivity index (χ1v) is 7.45. The molecule has 0 unspecified atom stereocenters. The van der Waals surface area contributed by atoms with Gasteiger partial charge in [0, 0.05) is 11.3 Å². The molecule has 0 spiro atoms. The van der Waals surface area contributed by atoms with Gasteiger partial charge in [-0.25, -0.2) is 9.48 Å². The predicted octanol–water partition coefficient (Wildman–Crippen LogP) is 3.06. The van der Waals surface area contributed by atoms with Crippen molar-refractivity contribution in [3.63, 3.8) is 0 Å². The molecule has 3 rings (SSSR count). The van der Waals surface area contributed by atoms with Gasteiger partial charge < -0.3 is 5.11 Å². The van der Waals surface area contributed by atoms with Crippen LogP contribution in [0.25, 0.3) is 11.4 Å². The molecule has 0 fully saturated rings. The molecule has 5 nitrogen and oxygen atoms in total. The summed E-state index contributed by atoms with van der Waals surface area (Å²) < 4.78 is 1.26. The zero-order chi connectivity index (χ0) is 16.6. The van der Waals surface area contributed by atoms with Crippen molar-refractivity contribution < 1.29 is 37.8 Å². The molecule has 0 radical (unpaired) electrons. The Morgan fingerprint density at radius 1 is 1.29 bits per heavy atom. The molecule has 1 aromatic heterocycles. The SMILES string of the molecule is Cc1ccc(-c2nn(Cc3cc(Cl)[c-]cc3O)c(=O)[nH]2)cc1C.[Y+3]. The maximum Gasteiger partial charge on any atom is 3.00 e. The Hall–Kier alpha value is -1.43. The number of phenolic OH excluding ortho intramolecular Hbond substituents is 1. The quantitative estimate of drug-likeness (QED) is 0.644. The number of phenols is 1. The van der Waals surface area contributed by atoms with Crippen molar-refractivity contribution in [1.29, 1.82) is 0 Å². The Labute approximate surface area is 169 Å². The van der Waals surface area contributed by atoms with E-state index in [1.807, 2.05) is 32.0 Å². The number of hydrogen-bond acceptors (Lipinski definition) is 3. The van der Waals surface area contributed by atoms with Crippen LogP contribution in [0.4, 0.5) is 0 Å². The van der Waals surface area contributed by atoms with Crippen LogP contribution in [0.3, 0.4) is 0 Å². The average molecular weight is 418 g/mol. The van der Waals surface area contributed by atoms with Crippen LogP contribution in [0, 0.1) is 19.9 Å². The minimum Gasteiger partial charge on any atom is -0.565 e. The van der Waals surface area contributed by atoms with E-state index in [9.17, 15) is 9.90 Å². The zero-order valence-corrected chi connectivity index (χ0v) is 16.9. The number of aromatic hydroxyl groups is 1. The molecule has 118 valence electrons. The summed E-state index contributed by atoms with van der Waals surface area (Å²) >= 11 is 5.87. The van der Waals surface area contributed by atoms with Crippen LogP contribution in [-0.2, 0) is 39.3 Å². The zero-order valence-electron chi connectivity index (χ0n) is 13.3. The van der Waals surface area contributed by atoms with Crippen molar-refractivity contribution in [2.45, 2.75) is 20.4 Å². The Kier molecular flexibility index (Phi) is 6.02. The first kappa shape index (κ1) is 18.9. The van der Waals surface area contributed by atoms with Crippen molar-refractivity contribution in [1.82, 2.24) is 14.8 Å². The van der Waals surface area contributed by atoms with E-state index < -0.39 is 0 Å². The molecule has 1 heterocycles. The van der Waals surface area contributed by atoms with Gasteiger partial charge in [-0.1, -0.05) is 22.7 Å². The molecule has 0 aliphatic rings. The molecule has 2 aromatic carbocycles. The van der Waals surface area contributed by atoms with E-state index in [2.05, 4.69) is 16.1 Å². The van der Waals surface area contributed by atoms with Crippen LogP contribution >= 0.6 is 11.6 Å². The standard InChI is InChI=1S/C17H15ClN3O2.Y/c1-10-3-4-12(7-11(10)2)16-19-17(23)21(20-16)9-13-8-14(18)5-6-15(13)22;/h3-4,6-8,22H,9H2,1-2H3,(H,19,20,23);/q-1;+3. The minimum absolute atomic E-state index is 0. The van der Waals surface area contributed by atoms with E-state index in [0.717, 1.165) is 11.1 Å². The number of nitrogens with one attached hydrogen (secondary N) is 1. The van der Waals surface area contributed by atoms with E-state index in [1.165, 1.54) is 16.3 Å². The van der Waals surface area contributed by atoms with Crippen molar-refractivity contribution in [3.8, 4) is 17.1 Å². The fourth-order valence-corrected chi connectivity index (χ4v) is 2.46. The Balaban J connectivity index is 0.00000208. The molecular weight excluding hydrogens is 403 g/mol. The molecule has 0 atom stereocenters. The number of aromatic amines is 1. The average Bonchev–Trinajstić information content (AvgIpc) is 2.87. The van der Waals surface area contributed by atoms with Crippen LogP contribution in [0.1, 0.15) is 16.7 Å². The van der Waals surface area contributed by atoms with Gasteiger partial charge >= 0.3 is 38.4 Å². The van der Waals surface area contributed by atoms with Crippen LogP contribution in [-0.4, -0.2) is 19.9 Å². The van der Waals surface area contributed by atoms with E-state index in [-0.39, 0.29) is 50.7 Å². The van der Waals surface area contributed by atoms with Crippen LogP contribution in [0.5, 0.6) is 5.75 Å². The van der Waals surface area contributed by atoms with Crippen LogP contribution in [0.2, 0.25) is 5.02 Å². The second-order valence-corrected chi connectivity index (χ2v) is 5.83. The summed E-state index contributed by atoms with van der Waals surface area (Å²) in [5.41, 5.74) is 3.31. The number of benzene rings is 2. The van der Waals surface area contributed by atoms with Crippen molar-refractivity contribution in [3.05, 3.63) is 68.6 Å². The Morgan fingerprint density at radius 3 is 2.75 bits per heavy atom.